The lowest BCUT2D eigenvalue weighted by molar-refractivity contribution is -0.139. The maximum absolute atomic E-state index is 17.3. The molecule has 1 N–H and O–H groups in total. The third-order valence-electron chi connectivity index (χ3n) is 12.5. The van der Waals surface area contributed by atoms with Gasteiger partial charge in [-0.3, -0.25) is 4.79 Å². The maximum Gasteiger partial charge on any atom is 0.226 e. The lowest BCUT2D eigenvalue weighted by atomic mass is 9.79. The lowest BCUT2D eigenvalue weighted by Crippen LogP contribution is -2.48. The summed E-state index contributed by atoms with van der Waals surface area (Å²) in [7, 11) is 0. The Balaban J connectivity index is 1.21. The van der Waals surface area contributed by atoms with E-state index in [4.69, 9.17) is 33.2 Å². The van der Waals surface area contributed by atoms with Gasteiger partial charge in [-0.1, -0.05) is 41.4 Å². The van der Waals surface area contributed by atoms with E-state index in [1.165, 1.54) is 0 Å². The molecular weight excluding hydrogens is 696 g/mol. The Kier molecular flexibility index (Phi) is 7.58. The number of aryl methyl sites for hydroxylation is 2. The minimum Gasteiger partial charge on any atom is -0.351 e. The van der Waals surface area contributed by atoms with Crippen molar-refractivity contribution in [3.63, 3.8) is 0 Å². The summed E-state index contributed by atoms with van der Waals surface area (Å²) in [6.07, 6.45) is 7.11. The molecular formula is C41H38Cl2FN7O. The molecule has 6 atom stereocenters. The van der Waals surface area contributed by atoms with Crippen LogP contribution in [-0.2, 0) is 11.2 Å². The summed E-state index contributed by atoms with van der Waals surface area (Å²) >= 11 is 13.2. The molecule has 11 rings (SSSR count). The largest absolute Gasteiger partial charge is 0.351 e. The predicted octanol–water partition coefficient (Wildman–Crippen LogP) is 8.33. The van der Waals surface area contributed by atoms with E-state index >= 15 is 4.39 Å². The molecule has 2 aromatic carbocycles. The number of benzene rings is 2. The molecule has 7 heterocycles. The van der Waals surface area contributed by atoms with Gasteiger partial charge in [-0.15, -0.1) is 0 Å². The van der Waals surface area contributed by atoms with Crippen molar-refractivity contribution in [3.05, 3.63) is 87.5 Å². The number of amides is 1. The lowest BCUT2D eigenvalue weighted by Gasteiger charge is -2.44. The van der Waals surface area contributed by atoms with Crippen LogP contribution in [0, 0.1) is 35.9 Å². The monoisotopic (exact) mass is 733 g/mol. The molecule has 2 aliphatic carbocycles. The van der Waals surface area contributed by atoms with E-state index in [1.807, 2.05) is 31.3 Å². The smallest absolute Gasteiger partial charge is 0.226 e. The van der Waals surface area contributed by atoms with Crippen LogP contribution in [-0.4, -0.2) is 56.6 Å². The fourth-order valence-electron chi connectivity index (χ4n) is 9.98. The van der Waals surface area contributed by atoms with Gasteiger partial charge in [0, 0.05) is 77.0 Å². The summed E-state index contributed by atoms with van der Waals surface area (Å²) in [5.41, 5.74) is 4.61. The fourth-order valence-corrected chi connectivity index (χ4v) is 10.4. The van der Waals surface area contributed by atoms with Crippen LogP contribution in [0.2, 0.25) is 10.0 Å². The number of anilines is 1. The summed E-state index contributed by atoms with van der Waals surface area (Å²) in [6.45, 7) is 3.65. The number of pyridine rings is 2. The first-order valence-electron chi connectivity index (χ1n) is 18.5. The SMILES string of the molecule is Cc1nc2c(F)c(-c3cccc(Cl)c3Cl)c(CCC#N)cc2c2c1cc(C1CC3CC(CN3c3ccccn3)N1C(=O)C1CC1)n2C1C2CNC1C2. The molecule has 11 heteroatoms. The fraction of sp³-hybridized carbons (Fsp3) is 0.415. The van der Waals surface area contributed by atoms with Crippen molar-refractivity contribution < 1.29 is 9.18 Å². The summed E-state index contributed by atoms with van der Waals surface area (Å²) in [6, 6.07) is 18.5. The van der Waals surface area contributed by atoms with Gasteiger partial charge in [-0.2, -0.15) is 5.26 Å². The van der Waals surface area contributed by atoms with Crippen molar-refractivity contribution in [2.45, 2.75) is 82.1 Å². The Morgan fingerprint density at radius 2 is 1.94 bits per heavy atom. The van der Waals surface area contributed by atoms with Gasteiger partial charge in [0.25, 0.3) is 0 Å². The summed E-state index contributed by atoms with van der Waals surface area (Å²) < 4.78 is 19.7. The Labute approximate surface area is 311 Å². The van der Waals surface area contributed by atoms with Gasteiger partial charge >= 0.3 is 0 Å². The second-order valence-corrected chi connectivity index (χ2v) is 16.2. The number of hydrogen-bond acceptors (Lipinski definition) is 6. The minimum absolute atomic E-state index is 0.0811. The van der Waals surface area contributed by atoms with E-state index in [0.29, 0.717) is 40.1 Å². The number of hydrogen-bond donors (Lipinski definition) is 1. The summed E-state index contributed by atoms with van der Waals surface area (Å²) in [4.78, 5) is 28.7. The number of rotatable bonds is 7. The Bertz CT molecular complexity index is 2320. The number of nitrogens with one attached hydrogen (secondary N) is 1. The molecule has 0 radical (unpaired) electrons. The highest BCUT2D eigenvalue weighted by molar-refractivity contribution is 6.43. The first-order valence-corrected chi connectivity index (χ1v) is 19.3. The molecule has 4 saturated heterocycles. The summed E-state index contributed by atoms with van der Waals surface area (Å²) in [5, 5.41) is 15.7. The molecule has 0 spiro atoms. The van der Waals surface area contributed by atoms with Crippen LogP contribution in [0.5, 0.6) is 0 Å². The van der Waals surface area contributed by atoms with E-state index in [0.717, 1.165) is 78.7 Å². The molecule has 6 aliphatic rings. The van der Waals surface area contributed by atoms with Gasteiger partial charge in [-0.25, -0.2) is 14.4 Å². The number of likely N-dealkylation sites (tertiary alicyclic amines) is 1. The predicted molar refractivity (Wildman–Crippen MR) is 201 cm³/mol. The molecule has 6 fully saturated rings. The van der Waals surface area contributed by atoms with Gasteiger partial charge in [-0.05, 0) is 87.3 Å². The molecule has 4 bridgehead atoms. The van der Waals surface area contributed by atoms with Crippen molar-refractivity contribution in [2.24, 2.45) is 11.8 Å². The average Bonchev–Trinajstić information content (AvgIpc) is 3.42. The molecule has 1 amide bonds. The van der Waals surface area contributed by atoms with Gasteiger partial charge in [0.2, 0.25) is 5.91 Å². The zero-order valence-electron chi connectivity index (χ0n) is 28.8. The molecule has 52 heavy (non-hydrogen) atoms. The number of aromatic nitrogens is 3. The van der Waals surface area contributed by atoms with Crippen LogP contribution in [0.4, 0.5) is 10.2 Å². The Hall–Kier alpha value is -4.23. The summed E-state index contributed by atoms with van der Waals surface area (Å²) in [5.74, 6) is 1.28. The molecule has 6 unspecified atom stereocenters. The first-order chi connectivity index (χ1) is 25.3. The van der Waals surface area contributed by atoms with E-state index in [9.17, 15) is 10.1 Å². The van der Waals surface area contributed by atoms with Crippen molar-refractivity contribution in [1.82, 2.24) is 24.8 Å². The van der Waals surface area contributed by atoms with Crippen LogP contribution < -0.4 is 10.2 Å². The quantitative estimate of drug-likeness (QED) is 0.181. The van der Waals surface area contributed by atoms with Crippen molar-refractivity contribution in [3.8, 4) is 17.2 Å². The standard InChI is InChI=1S/C41H38Cl2FN7O/c1-21-28-18-33(32-17-25-16-26(50(32)41(52)22-10-11-22)20-49(25)34-9-2-3-13-46-34)51(39-24-15-31(39)47-19-24)40(28)29-14-23(6-5-12-45)35(37(44)38(29)48-21)27-7-4-8-30(42)36(27)43/h2-4,7-9,13-14,18,22,24-26,31-32,39,47H,5-6,10-11,15-17,19-20H2,1H3. The molecule has 8 nitrogen and oxygen atoms in total. The Morgan fingerprint density at radius 3 is 2.67 bits per heavy atom. The van der Waals surface area contributed by atoms with E-state index in [-0.39, 0.29) is 53.0 Å². The van der Waals surface area contributed by atoms with Crippen LogP contribution in [0.1, 0.15) is 67.6 Å². The second kappa shape index (κ2) is 12.2. The number of fused-ring (bicyclic) bond motifs is 6. The van der Waals surface area contributed by atoms with Gasteiger partial charge in [0.1, 0.15) is 11.3 Å². The minimum atomic E-state index is -0.462. The maximum atomic E-state index is 17.3. The number of halogens is 3. The number of nitriles is 1. The van der Waals surface area contributed by atoms with E-state index in [1.54, 1.807) is 18.2 Å². The normalized spacial score (nSPS) is 26.3. The zero-order valence-corrected chi connectivity index (χ0v) is 30.3. The van der Waals surface area contributed by atoms with E-state index in [2.05, 4.69) is 37.9 Å². The van der Waals surface area contributed by atoms with E-state index < -0.39 is 5.82 Å². The number of carbonyl (C=O) groups excluding carboxylic acids is 1. The average molecular weight is 735 g/mol. The molecule has 5 aromatic rings. The number of nitrogens with zero attached hydrogens (tertiary/aromatic N) is 6. The first kappa shape index (κ1) is 32.4. The van der Waals surface area contributed by atoms with Gasteiger partial charge in [0.05, 0.1) is 39.8 Å². The number of piperidine rings is 1. The molecule has 2 saturated carbocycles. The highest BCUT2D eigenvalue weighted by Gasteiger charge is 2.53. The zero-order chi connectivity index (χ0) is 35.4. The van der Waals surface area contributed by atoms with Gasteiger partial charge < -0.3 is 19.7 Å². The third kappa shape index (κ3) is 4.83. The van der Waals surface area contributed by atoms with Gasteiger partial charge in [0.15, 0.2) is 5.82 Å². The van der Waals surface area contributed by atoms with Crippen LogP contribution in [0.3, 0.4) is 0 Å². The highest BCUT2D eigenvalue weighted by Crippen LogP contribution is 2.52. The van der Waals surface area contributed by atoms with Crippen LogP contribution >= 0.6 is 23.2 Å². The van der Waals surface area contributed by atoms with Crippen LogP contribution in [0.25, 0.3) is 32.9 Å². The third-order valence-corrected chi connectivity index (χ3v) is 13.3. The van der Waals surface area contributed by atoms with Crippen LogP contribution in [0.15, 0.2) is 54.7 Å². The molecule has 4 aliphatic heterocycles. The van der Waals surface area contributed by atoms with Crippen molar-refractivity contribution >= 4 is 56.7 Å². The number of carbonyl (C=O) groups is 1. The molecule has 3 aromatic heterocycles. The van der Waals surface area contributed by atoms with Crippen molar-refractivity contribution in [1.29, 1.82) is 5.26 Å². The highest BCUT2D eigenvalue weighted by atomic mass is 35.5. The van der Waals surface area contributed by atoms with Crippen molar-refractivity contribution in [2.75, 3.05) is 18.0 Å². The second-order valence-electron chi connectivity index (χ2n) is 15.4. The topological polar surface area (TPSA) is 90.1 Å². The molecule has 264 valence electrons. The Morgan fingerprint density at radius 1 is 1.08 bits per heavy atom.